The molecule has 0 amide bonds. The molecule has 272 valence electrons. The minimum Gasteiger partial charge on any atom is -0.493 e. The lowest BCUT2D eigenvalue weighted by atomic mass is 9.42. The molecule has 1 aromatic rings. The van der Waals surface area contributed by atoms with Gasteiger partial charge < -0.3 is 18.9 Å². The van der Waals surface area contributed by atoms with Crippen molar-refractivity contribution < 1.29 is 28.5 Å². The zero-order chi connectivity index (χ0) is 35.6. The quantitative estimate of drug-likeness (QED) is 0.212. The molecule has 6 rings (SSSR count). The van der Waals surface area contributed by atoms with E-state index in [-0.39, 0.29) is 51.2 Å². The summed E-state index contributed by atoms with van der Waals surface area (Å²) in [7, 11) is 3.27. The molecule has 0 aliphatic heterocycles. The average molecular weight is 677 g/mol. The number of fused-ring (bicyclic) bond motifs is 6. The highest BCUT2D eigenvalue weighted by Gasteiger charge is 2.63. The lowest BCUT2D eigenvalue weighted by Crippen LogP contribution is -2.58. The van der Waals surface area contributed by atoms with Gasteiger partial charge in [-0.15, -0.1) is 0 Å². The predicted octanol–water partition coefficient (Wildman–Crippen LogP) is 9.91. The Balaban J connectivity index is 1.16. The fourth-order valence-electron chi connectivity index (χ4n) is 13.1. The van der Waals surface area contributed by atoms with Crippen LogP contribution in [0, 0.1) is 50.7 Å². The van der Waals surface area contributed by atoms with Crippen LogP contribution in [0.15, 0.2) is 29.8 Å². The number of methoxy groups -OCH3 is 2. The van der Waals surface area contributed by atoms with Crippen LogP contribution in [0.5, 0.6) is 11.5 Å². The van der Waals surface area contributed by atoms with Crippen LogP contribution < -0.4 is 9.47 Å². The van der Waals surface area contributed by atoms with E-state index in [1.807, 2.05) is 18.2 Å². The van der Waals surface area contributed by atoms with E-state index in [9.17, 15) is 9.59 Å². The maximum absolute atomic E-state index is 13.3. The number of hydrogen-bond donors (Lipinski definition) is 0. The highest BCUT2D eigenvalue weighted by atomic mass is 16.5. The largest absolute Gasteiger partial charge is 0.493 e. The summed E-state index contributed by atoms with van der Waals surface area (Å²) in [6.07, 6.45) is 15.1. The molecule has 0 saturated heterocycles. The van der Waals surface area contributed by atoms with E-state index >= 15 is 0 Å². The fraction of sp³-hybridized carbons (Fsp3) is 0.767. The third kappa shape index (κ3) is 6.13. The summed E-state index contributed by atoms with van der Waals surface area (Å²) in [5.41, 5.74) is 3.30. The molecule has 5 aliphatic rings. The summed E-state index contributed by atoms with van der Waals surface area (Å²) in [5, 5.41) is 0. The number of hydrogen-bond acceptors (Lipinski definition) is 6. The molecule has 0 N–H and O–H groups in total. The molecule has 0 aromatic heterocycles. The van der Waals surface area contributed by atoms with Gasteiger partial charge in [0.25, 0.3) is 0 Å². The van der Waals surface area contributed by atoms with Crippen LogP contribution in [-0.2, 0) is 25.5 Å². The van der Waals surface area contributed by atoms with E-state index in [1.54, 1.807) is 26.7 Å². The van der Waals surface area contributed by atoms with Crippen molar-refractivity contribution in [2.45, 2.75) is 145 Å². The van der Waals surface area contributed by atoms with Crippen molar-refractivity contribution in [3.8, 4) is 11.5 Å². The molecule has 6 heteroatoms. The highest BCUT2D eigenvalue weighted by Crippen LogP contribution is 2.70. The van der Waals surface area contributed by atoms with Crippen LogP contribution in [0.1, 0.15) is 132 Å². The topological polar surface area (TPSA) is 71.1 Å². The summed E-state index contributed by atoms with van der Waals surface area (Å²) in [6.45, 7) is 18.8. The summed E-state index contributed by atoms with van der Waals surface area (Å²) < 4.78 is 23.1. The minimum atomic E-state index is -0.143. The molecule has 6 nitrogen and oxygen atoms in total. The molecule has 4 fully saturated rings. The number of carbonyl (C=O) groups excluding carboxylic acids is 2. The Morgan fingerprint density at radius 1 is 0.714 bits per heavy atom. The number of esters is 2. The zero-order valence-electron chi connectivity index (χ0n) is 32.2. The van der Waals surface area contributed by atoms with Crippen LogP contribution in [0.3, 0.4) is 0 Å². The van der Waals surface area contributed by atoms with E-state index in [1.165, 1.54) is 32.1 Å². The summed E-state index contributed by atoms with van der Waals surface area (Å²) >= 11 is 0. The number of ether oxygens (including phenoxy) is 4. The van der Waals surface area contributed by atoms with E-state index < -0.39 is 0 Å². The SMILES string of the molecule is COc1ccc(CCC(=O)O[C@H]2CC[C@]3(C)[C@H]4CC[C@@H]5[C@@]6(C)CC[C@H](OC(C)=O)C(C)(C)[C@@H]6CC[C@@]5(C)C=C4CC[C@H]3C2(C)C)cc1OC. The first-order valence-corrected chi connectivity index (χ1v) is 19.3. The molecule has 4 saturated carbocycles. The van der Waals surface area contributed by atoms with Crippen LogP contribution in [0.2, 0.25) is 0 Å². The second-order valence-electron chi connectivity index (χ2n) is 18.6. The smallest absolute Gasteiger partial charge is 0.306 e. The van der Waals surface area contributed by atoms with Gasteiger partial charge in [0.15, 0.2) is 11.5 Å². The van der Waals surface area contributed by atoms with E-state index in [0.717, 1.165) is 37.7 Å². The van der Waals surface area contributed by atoms with Gasteiger partial charge in [-0.25, -0.2) is 0 Å². The van der Waals surface area contributed by atoms with Crippen LogP contribution in [-0.4, -0.2) is 38.4 Å². The molecule has 0 unspecified atom stereocenters. The second kappa shape index (κ2) is 12.9. The average Bonchev–Trinajstić information content (AvgIpc) is 3.19. The first-order valence-electron chi connectivity index (χ1n) is 19.3. The Kier molecular flexibility index (Phi) is 9.57. The molecular formula is C43H64O6. The van der Waals surface area contributed by atoms with Gasteiger partial charge >= 0.3 is 11.9 Å². The summed E-state index contributed by atoms with van der Waals surface area (Å²) in [6, 6.07) is 5.85. The molecular weight excluding hydrogens is 612 g/mol. The predicted molar refractivity (Wildman–Crippen MR) is 193 cm³/mol. The maximum atomic E-state index is 13.3. The second-order valence-corrected chi connectivity index (χ2v) is 18.6. The van der Waals surface area contributed by atoms with E-state index in [2.05, 4.69) is 54.5 Å². The summed E-state index contributed by atoms with van der Waals surface area (Å²) in [5.74, 6) is 3.41. The lowest BCUT2D eigenvalue weighted by molar-refractivity contribution is -0.188. The van der Waals surface area contributed by atoms with Crippen molar-refractivity contribution in [2.75, 3.05) is 14.2 Å². The normalized spacial score (nSPS) is 39.0. The lowest BCUT2D eigenvalue weighted by Gasteiger charge is -2.63. The maximum Gasteiger partial charge on any atom is 0.306 e. The molecule has 49 heavy (non-hydrogen) atoms. The van der Waals surface area contributed by atoms with Gasteiger partial charge in [-0.1, -0.05) is 66.2 Å². The molecule has 0 radical (unpaired) electrons. The van der Waals surface area contributed by atoms with Crippen molar-refractivity contribution in [3.05, 3.63) is 35.4 Å². The van der Waals surface area contributed by atoms with Gasteiger partial charge in [0.2, 0.25) is 0 Å². The van der Waals surface area contributed by atoms with Crippen LogP contribution in [0.25, 0.3) is 0 Å². The van der Waals surface area contributed by atoms with E-state index in [4.69, 9.17) is 18.9 Å². The van der Waals surface area contributed by atoms with Crippen molar-refractivity contribution >= 4 is 11.9 Å². The van der Waals surface area contributed by atoms with Crippen molar-refractivity contribution in [3.63, 3.8) is 0 Å². The Labute approximate surface area is 296 Å². The van der Waals surface area contributed by atoms with E-state index in [0.29, 0.717) is 48.0 Å². The highest BCUT2D eigenvalue weighted by molar-refractivity contribution is 5.70. The Morgan fingerprint density at radius 2 is 1.35 bits per heavy atom. The number of allylic oxidation sites excluding steroid dienone is 2. The van der Waals surface area contributed by atoms with Crippen LogP contribution in [0.4, 0.5) is 0 Å². The van der Waals surface area contributed by atoms with Gasteiger partial charge in [-0.05, 0) is 128 Å². The summed E-state index contributed by atoms with van der Waals surface area (Å²) in [4.78, 5) is 25.3. The third-order valence-electron chi connectivity index (χ3n) is 15.4. The number of rotatable bonds is 7. The monoisotopic (exact) mass is 676 g/mol. The first-order chi connectivity index (χ1) is 23.0. The standard InChI is InChI=1S/C43H64O6/c1-27(44)48-36-21-24-43(8)34(40(36,4)5)19-22-41(6)26-29-13-16-33-39(2,3)37(20-23-42(33,7)30(29)14-17-35(41)43)49-38(45)18-12-28-11-15-31(46-9)32(25-28)47-10/h11,15,25-26,30,33-37H,12-14,16-24H2,1-10H3/t30-,33-,34-,35-,36-,37-,41-,42+,43-/m0/s1. The Hall–Kier alpha value is -2.50. The van der Waals surface area contributed by atoms with Crippen molar-refractivity contribution in [1.82, 2.24) is 0 Å². The van der Waals surface area contributed by atoms with Crippen molar-refractivity contribution in [2.24, 2.45) is 50.7 Å². The Bertz CT molecular complexity index is 1460. The molecule has 0 bridgehead atoms. The van der Waals surface area contributed by atoms with Gasteiger partial charge in [-0.3, -0.25) is 9.59 Å². The van der Waals surface area contributed by atoms with Crippen LogP contribution >= 0.6 is 0 Å². The number of aryl methyl sites for hydroxylation is 1. The molecule has 9 atom stereocenters. The minimum absolute atomic E-state index is 0.0105. The van der Waals surface area contributed by atoms with Gasteiger partial charge in [0, 0.05) is 24.2 Å². The Morgan fingerprint density at radius 3 is 2.00 bits per heavy atom. The molecule has 5 aliphatic carbocycles. The first kappa shape index (κ1) is 36.3. The molecule has 0 heterocycles. The molecule has 1 aromatic carbocycles. The van der Waals surface area contributed by atoms with Gasteiger partial charge in [0.05, 0.1) is 14.2 Å². The van der Waals surface area contributed by atoms with Gasteiger partial charge in [-0.2, -0.15) is 0 Å². The van der Waals surface area contributed by atoms with Gasteiger partial charge in [0.1, 0.15) is 12.2 Å². The third-order valence-corrected chi connectivity index (χ3v) is 15.4. The van der Waals surface area contributed by atoms with Crippen molar-refractivity contribution in [1.29, 1.82) is 0 Å². The number of benzene rings is 1. The molecule has 0 spiro atoms. The number of carbonyl (C=O) groups is 2. The zero-order valence-corrected chi connectivity index (χ0v) is 32.2. The fourth-order valence-corrected chi connectivity index (χ4v) is 13.1.